The molecule has 2 aromatic carbocycles. The third-order valence-electron chi connectivity index (χ3n) is 3.12. The Morgan fingerprint density at radius 2 is 1.71 bits per heavy atom. The number of carbonyl (C=O) groups excluding carboxylic acids is 1. The van der Waals surface area contributed by atoms with Crippen LogP contribution in [0.4, 0.5) is 0 Å². The molecular formula is C15H12N4O2. The Morgan fingerprint density at radius 3 is 2.43 bits per heavy atom. The van der Waals surface area contributed by atoms with Crippen molar-refractivity contribution in [2.45, 2.75) is 0 Å². The molecule has 0 aliphatic carbocycles. The highest BCUT2D eigenvalue weighted by Crippen LogP contribution is 2.12. The number of nitrogens with one attached hydrogen (secondary N) is 1. The van der Waals surface area contributed by atoms with E-state index in [-0.39, 0.29) is 11.4 Å². The zero-order valence-corrected chi connectivity index (χ0v) is 11.0. The number of benzene rings is 2. The Balaban J connectivity index is 2.43. The Hall–Kier alpha value is -2.99. The average molecular weight is 280 g/mol. The zero-order valence-electron chi connectivity index (χ0n) is 11.0. The Kier molecular flexibility index (Phi) is 3.21. The van der Waals surface area contributed by atoms with Crippen molar-refractivity contribution in [1.29, 1.82) is 0 Å². The van der Waals surface area contributed by atoms with Gasteiger partial charge in [-0.1, -0.05) is 30.3 Å². The predicted octanol–water partition coefficient (Wildman–Crippen LogP) is 0.989. The summed E-state index contributed by atoms with van der Waals surface area (Å²) >= 11 is 0. The van der Waals surface area contributed by atoms with Gasteiger partial charge in [0.1, 0.15) is 0 Å². The molecule has 6 nitrogen and oxygen atoms in total. The van der Waals surface area contributed by atoms with Gasteiger partial charge in [-0.3, -0.25) is 19.6 Å². The molecule has 0 aliphatic heterocycles. The van der Waals surface area contributed by atoms with Crippen molar-refractivity contribution in [3.8, 4) is 5.69 Å². The van der Waals surface area contributed by atoms with E-state index in [1.54, 1.807) is 48.5 Å². The van der Waals surface area contributed by atoms with E-state index < -0.39 is 5.91 Å². The first-order chi connectivity index (χ1) is 10.2. The largest absolute Gasteiger partial charge is 0.301 e. The van der Waals surface area contributed by atoms with Crippen LogP contribution in [0.25, 0.3) is 16.6 Å². The number of nitrogens with zero attached hydrogens (tertiary/aromatic N) is 2. The molecule has 0 bridgehead atoms. The van der Waals surface area contributed by atoms with Gasteiger partial charge in [0, 0.05) is 0 Å². The van der Waals surface area contributed by atoms with E-state index in [4.69, 9.17) is 5.84 Å². The van der Waals surface area contributed by atoms with Gasteiger partial charge in [-0.2, -0.15) is 0 Å². The van der Waals surface area contributed by atoms with Crippen LogP contribution in [0.3, 0.4) is 0 Å². The van der Waals surface area contributed by atoms with E-state index in [0.717, 1.165) is 0 Å². The summed E-state index contributed by atoms with van der Waals surface area (Å²) in [7, 11) is 0. The van der Waals surface area contributed by atoms with Crippen LogP contribution in [0.15, 0.2) is 59.4 Å². The third-order valence-corrected chi connectivity index (χ3v) is 3.12. The number of hydrogen-bond donors (Lipinski definition) is 2. The number of para-hydroxylation sites is 2. The minimum atomic E-state index is -0.623. The van der Waals surface area contributed by atoms with Crippen LogP contribution in [-0.2, 0) is 0 Å². The molecule has 1 heterocycles. The first-order valence-corrected chi connectivity index (χ1v) is 6.30. The lowest BCUT2D eigenvalue weighted by molar-refractivity contribution is 0.0940. The van der Waals surface area contributed by atoms with Crippen LogP contribution < -0.4 is 16.8 Å². The van der Waals surface area contributed by atoms with Gasteiger partial charge >= 0.3 is 5.91 Å². The standard InChI is InChI=1S/C15H12N4O2/c16-18-14(20)13-17-12-9-5-4-8-11(12)15(21)19(13)10-6-2-1-3-7-10/h1-9H,16H2,(H,18,20). The van der Waals surface area contributed by atoms with Crippen molar-refractivity contribution in [3.63, 3.8) is 0 Å². The molecule has 0 radical (unpaired) electrons. The maximum absolute atomic E-state index is 12.7. The summed E-state index contributed by atoms with van der Waals surface area (Å²) in [5.74, 6) is 4.52. The third kappa shape index (κ3) is 2.17. The number of aromatic nitrogens is 2. The number of rotatable bonds is 2. The maximum Gasteiger partial charge on any atom is 0.301 e. The molecule has 0 saturated heterocycles. The van der Waals surface area contributed by atoms with Crippen molar-refractivity contribution in [3.05, 3.63) is 70.8 Å². The second kappa shape index (κ2) is 5.18. The molecule has 3 N–H and O–H groups in total. The van der Waals surface area contributed by atoms with Gasteiger partial charge in [0.2, 0.25) is 5.82 Å². The lowest BCUT2D eigenvalue weighted by Gasteiger charge is -2.12. The summed E-state index contributed by atoms with van der Waals surface area (Å²) in [5.41, 5.74) is 2.71. The second-order valence-electron chi connectivity index (χ2n) is 4.40. The smallest absolute Gasteiger partial charge is 0.287 e. The molecule has 1 amide bonds. The van der Waals surface area contributed by atoms with E-state index in [1.165, 1.54) is 4.57 Å². The molecule has 0 fully saturated rings. The van der Waals surface area contributed by atoms with Crippen LogP contribution in [0.2, 0.25) is 0 Å². The molecule has 104 valence electrons. The van der Waals surface area contributed by atoms with Crippen molar-refractivity contribution >= 4 is 16.8 Å². The lowest BCUT2D eigenvalue weighted by Crippen LogP contribution is -2.36. The van der Waals surface area contributed by atoms with E-state index >= 15 is 0 Å². The number of fused-ring (bicyclic) bond motifs is 1. The van der Waals surface area contributed by atoms with Crippen LogP contribution in [0, 0.1) is 0 Å². The van der Waals surface area contributed by atoms with Crippen LogP contribution in [0.5, 0.6) is 0 Å². The van der Waals surface area contributed by atoms with Gasteiger partial charge in [0.25, 0.3) is 5.56 Å². The Bertz CT molecular complexity index is 872. The highest BCUT2D eigenvalue weighted by atomic mass is 16.2. The molecule has 0 atom stereocenters. The minimum Gasteiger partial charge on any atom is -0.287 e. The topological polar surface area (TPSA) is 90.0 Å². The number of nitrogen functional groups attached to an aromatic ring is 1. The fourth-order valence-electron chi connectivity index (χ4n) is 2.17. The number of amides is 1. The van der Waals surface area contributed by atoms with Crippen molar-refractivity contribution < 1.29 is 4.79 Å². The number of carbonyl (C=O) groups is 1. The first kappa shape index (κ1) is 13.0. The van der Waals surface area contributed by atoms with E-state index in [9.17, 15) is 9.59 Å². The fraction of sp³-hybridized carbons (Fsp3) is 0. The monoisotopic (exact) mass is 280 g/mol. The summed E-state index contributed by atoms with van der Waals surface area (Å²) in [6.45, 7) is 0. The summed E-state index contributed by atoms with van der Waals surface area (Å²) in [4.78, 5) is 28.9. The summed E-state index contributed by atoms with van der Waals surface area (Å²) in [6, 6.07) is 15.7. The molecule has 0 saturated carbocycles. The SMILES string of the molecule is NNC(=O)c1nc2ccccc2c(=O)n1-c1ccccc1. The number of hydrazine groups is 1. The molecule has 0 aliphatic rings. The normalized spacial score (nSPS) is 10.5. The molecule has 1 aromatic heterocycles. The molecule has 0 unspecified atom stereocenters. The van der Waals surface area contributed by atoms with Gasteiger partial charge in [0.05, 0.1) is 16.6 Å². The van der Waals surface area contributed by atoms with Gasteiger partial charge in [-0.25, -0.2) is 10.8 Å². The lowest BCUT2D eigenvalue weighted by atomic mass is 10.2. The van der Waals surface area contributed by atoms with Crippen LogP contribution in [0.1, 0.15) is 10.6 Å². The highest BCUT2D eigenvalue weighted by molar-refractivity contribution is 5.93. The number of hydrogen-bond acceptors (Lipinski definition) is 4. The molecule has 0 spiro atoms. The Morgan fingerprint density at radius 1 is 1.05 bits per heavy atom. The second-order valence-corrected chi connectivity index (χ2v) is 4.40. The minimum absolute atomic E-state index is 0.0487. The molecular weight excluding hydrogens is 268 g/mol. The Labute approximate surface area is 119 Å². The first-order valence-electron chi connectivity index (χ1n) is 6.30. The quantitative estimate of drug-likeness (QED) is 0.416. The summed E-state index contributed by atoms with van der Waals surface area (Å²) in [6.07, 6.45) is 0. The predicted molar refractivity (Wildman–Crippen MR) is 79.0 cm³/mol. The van der Waals surface area contributed by atoms with Gasteiger partial charge in [0.15, 0.2) is 0 Å². The molecule has 3 rings (SSSR count). The maximum atomic E-state index is 12.7. The summed E-state index contributed by atoms with van der Waals surface area (Å²) < 4.78 is 1.25. The molecule has 6 heteroatoms. The van der Waals surface area contributed by atoms with Crippen molar-refractivity contribution in [2.75, 3.05) is 0 Å². The average Bonchev–Trinajstić information content (AvgIpc) is 2.55. The van der Waals surface area contributed by atoms with Crippen molar-refractivity contribution in [1.82, 2.24) is 15.0 Å². The molecule has 21 heavy (non-hydrogen) atoms. The zero-order chi connectivity index (χ0) is 14.8. The highest BCUT2D eigenvalue weighted by Gasteiger charge is 2.17. The van der Waals surface area contributed by atoms with E-state index in [0.29, 0.717) is 16.6 Å². The summed E-state index contributed by atoms with van der Waals surface area (Å²) in [5, 5.41) is 0.440. The van der Waals surface area contributed by atoms with Crippen LogP contribution in [-0.4, -0.2) is 15.5 Å². The van der Waals surface area contributed by atoms with E-state index in [2.05, 4.69) is 4.98 Å². The van der Waals surface area contributed by atoms with Crippen LogP contribution >= 0.6 is 0 Å². The van der Waals surface area contributed by atoms with Gasteiger partial charge < -0.3 is 0 Å². The molecule has 3 aromatic rings. The van der Waals surface area contributed by atoms with Crippen molar-refractivity contribution in [2.24, 2.45) is 5.84 Å². The van der Waals surface area contributed by atoms with Gasteiger partial charge in [-0.05, 0) is 24.3 Å². The fourth-order valence-corrected chi connectivity index (χ4v) is 2.17. The van der Waals surface area contributed by atoms with Gasteiger partial charge in [-0.15, -0.1) is 0 Å². The van der Waals surface area contributed by atoms with E-state index in [1.807, 2.05) is 11.5 Å². The number of nitrogens with two attached hydrogens (primary N) is 1.